The first-order valence-electron chi connectivity index (χ1n) is 5.64. The van der Waals surface area contributed by atoms with E-state index in [2.05, 4.69) is 0 Å². The monoisotopic (exact) mass is 291 g/mol. The molecule has 0 spiro atoms. The first-order valence-corrected chi connectivity index (χ1v) is 6.87. The van der Waals surface area contributed by atoms with E-state index in [-0.39, 0.29) is 5.91 Å². The van der Waals surface area contributed by atoms with Crippen molar-refractivity contribution in [2.45, 2.75) is 0 Å². The molecule has 0 bridgehead atoms. The van der Waals surface area contributed by atoms with Gasteiger partial charge >= 0.3 is 0 Å². The first kappa shape index (κ1) is 13.8. The lowest BCUT2D eigenvalue weighted by Crippen LogP contribution is -2.22. The summed E-state index contributed by atoms with van der Waals surface area (Å²) in [4.78, 5) is 13.9. The highest BCUT2D eigenvalue weighted by atomic mass is 32.2. The van der Waals surface area contributed by atoms with Gasteiger partial charge in [0.15, 0.2) is 0 Å². The van der Waals surface area contributed by atoms with Crippen LogP contribution in [0.1, 0.15) is 5.56 Å². The smallest absolute Gasteiger partial charge is 0.265 e. The van der Waals surface area contributed by atoms with Crippen LogP contribution in [0.15, 0.2) is 41.3 Å². The van der Waals surface area contributed by atoms with Gasteiger partial charge in [0.2, 0.25) is 0 Å². The fourth-order valence-corrected chi connectivity index (χ4v) is 2.73. The number of rotatable bonds is 3. The van der Waals surface area contributed by atoms with E-state index >= 15 is 0 Å². The van der Waals surface area contributed by atoms with Gasteiger partial charge in [-0.1, -0.05) is 54.3 Å². The molecule has 0 radical (unpaired) electrons. The van der Waals surface area contributed by atoms with Crippen LogP contribution < -0.4 is 4.74 Å². The predicted octanol–water partition coefficient (Wildman–Crippen LogP) is 3.08. The number of nitrogens with zero attached hydrogens (tertiary/aromatic N) is 1. The van der Waals surface area contributed by atoms with Gasteiger partial charge in [0.05, 0.1) is 12.0 Å². The maximum Gasteiger partial charge on any atom is 0.265 e. The molecule has 0 N–H and O–H groups in total. The van der Waals surface area contributed by atoms with E-state index in [1.165, 1.54) is 16.7 Å². The van der Waals surface area contributed by atoms with Crippen molar-refractivity contribution in [2.75, 3.05) is 14.2 Å². The zero-order valence-electron chi connectivity index (χ0n) is 10.6. The molecule has 1 aromatic rings. The Bertz CT molecular complexity index is 579. The van der Waals surface area contributed by atoms with Crippen molar-refractivity contribution in [2.24, 2.45) is 0 Å². The summed E-state index contributed by atoms with van der Waals surface area (Å²) >= 11 is 6.38. The molecule has 5 heteroatoms. The summed E-state index contributed by atoms with van der Waals surface area (Å²) in [5, 5.41) is 0. The average molecular weight is 291 g/mol. The van der Waals surface area contributed by atoms with Crippen LogP contribution in [-0.2, 0) is 4.79 Å². The Morgan fingerprint density at radius 3 is 2.74 bits per heavy atom. The van der Waals surface area contributed by atoms with Crippen LogP contribution in [0.2, 0.25) is 0 Å². The molecule has 98 valence electrons. The van der Waals surface area contributed by atoms with E-state index < -0.39 is 0 Å². The van der Waals surface area contributed by atoms with E-state index in [0.29, 0.717) is 9.23 Å². The molecule has 1 aliphatic heterocycles. The summed E-state index contributed by atoms with van der Waals surface area (Å²) in [5.74, 6) is 0.745. The summed E-state index contributed by atoms with van der Waals surface area (Å²) in [7, 11) is 3.32. The summed E-state index contributed by atoms with van der Waals surface area (Å²) in [5.41, 5.74) is 0.966. The molecular formula is C14H13NO2S2. The second-order valence-corrected chi connectivity index (χ2v) is 5.54. The number of hydrogen-bond acceptors (Lipinski definition) is 4. The van der Waals surface area contributed by atoms with Gasteiger partial charge in [-0.05, 0) is 12.1 Å². The minimum absolute atomic E-state index is 0.0559. The minimum atomic E-state index is -0.0559. The quantitative estimate of drug-likeness (QED) is 0.632. The van der Waals surface area contributed by atoms with Crippen LogP contribution in [0, 0.1) is 0 Å². The van der Waals surface area contributed by atoms with Crippen LogP contribution in [0.3, 0.4) is 0 Å². The highest BCUT2D eigenvalue weighted by molar-refractivity contribution is 8.26. The predicted molar refractivity (Wildman–Crippen MR) is 83.1 cm³/mol. The van der Waals surface area contributed by atoms with Crippen LogP contribution >= 0.6 is 24.0 Å². The maximum absolute atomic E-state index is 11.8. The van der Waals surface area contributed by atoms with E-state index in [1.54, 1.807) is 20.2 Å². The molecule has 1 saturated heterocycles. The van der Waals surface area contributed by atoms with Crippen LogP contribution in [0.5, 0.6) is 5.75 Å². The maximum atomic E-state index is 11.8. The molecule has 1 aromatic carbocycles. The van der Waals surface area contributed by atoms with Crippen LogP contribution in [-0.4, -0.2) is 29.3 Å². The Morgan fingerprint density at radius 2 is 2.11 bits per heavy atom. The lowest BCUT2D eigenvalue weighted by atomic mass is 10.2. The molecule has 3 nitrogen and oxygen atoms in total. The molecular weight excluding hydrogens is 278 g/mol. The van der Waals surface area contributed by atoms with Gasteiger partial charge in [-0.2, -0.15) is 0 Å². The number of para-hydroxylation sites is 1. The largest absolute Gasteiger partial charge is 0.496 e. The number of methoxy groups -OCH3 is 1. The summed E-state index contributed by atoms with van der Waals surface area (Å²) in [6.07, 6.45) is 5.51. The fourth-order valence-electron chi connectivity index (χ4n) is 1.60. The number of likely N-dealkylation sites (N-methyl/N-ethyl adjacent to an activating group) is 1. The van der Waals surface area contributed by atoms with Gasteiger partial charge in [0.25, 0.3) is 5.91 Å². The van der Waals surface area contributed by atoms with Crippen molar-refractivity contribution in [3.05, 3.63) is 46.9 Å². The molecule has 0 saturated carbocycles. The number of hydrogen-bond donors (Lipinski definition) is 0. The highest BCUT2D eigenvalue weighted by Crippen LogP contribution is 2.29. The van der Waals surface area contributed by atoms with Gasteiger partial charge < -0.3 is 4.74 Å². The third-order valence-electron chi connectivity index (χ3n) is 2.65. The first-order chi connectivity index (χ1) is 9.13. The number of thioether (sulfide) groups is 1. The number of thiocarbonyl (C=S) groups is 1. The third kappa shape index (κ3) is 3.05. The van der Waals surface area contributed by atoms with Gasteiger partial charge in [0.1, 0.15) is 10.1 Å². The summed E-state index contributed by atoms with van der Waals surface area (Å²) in [6.45, 7) is 0. The fraction of sp³-hybridized carbons (Fsp3) is 0.143. The molecule has 19 heavy (non-hydrogen) atoms. The number of allylic oxidation sites excluding steroid dienone is 2. The number of benzene rings is 1. The third-order valence-corrected chi connectivity index (χ3v) is 4.15. The second kappa shape index (κ2) is 6.04. The number of carbonyl (C=O) groups excluding carboxylic acids is 1. The van der Waals surface area contributed by atoms with Gasteiger partial charge in [-0.25, -0.2) is 0 Å². The Balaban J connectivity index is 2.16. The Hall–Kier alpha value is -1.59. The zero-order chi connectivity index (χ0) is 13.8. The van der Waals surface area contributed by atoms with Crippen molar-refractivity contribution in [1.82, 2.24) is 4.90 Å². The SMILES string of the molecule is COc1ccccc1/C=C/C=C1\SC(=S)N(C)C1=O. The Morgan fingerprint density at radius 1 is 1.37 bits per heavy atom. The van der Waals surface area contributed by atoms with Crippen molar-refractivity contribution in [1.29, 1.82) is 0 Å². The lowest BCUT2D eigenvalue weighted by Gasteiger charge is -2.03. The molecule has 0 atom stereocenters. The summed E-state index contributed by atoms with van der Waals surface area (Å²) in [6, 6.07) is 7.70. The zero-order valence-corrected chi connectivity index (χ0v) is 12.3. The number of amides is 1. The standard InChI is InChI=1S/C14H13NO2S2/c1-15-13(16)12(19-14(15)18)9-5-7-10-6-3-4-8-11(10)17-2/h3-9H,1-2H3/b7-5+,12-9-. The molecule has 0 aliphatic carbocycles. The topological polar surface area (TPSA) is 29.5 Å². The van der Waals surface area contributed by atoms with Crippen molar-refractivity contribution in [3.8, 4) is 5.75 Å². The molecule has 1 aliphatic rings. The van der Waals surface area contributed by atoms with E-state index in [0.717, 1.165) is 11.3 Å². The minimum Gasteiger partial charge on any atom is -0.496 e. The van der Waals surface area contributed by atoms with Gasteiger partial charge in [-0.3, -0.25) is 9.69 Å². The Kier molecular flexibility index (Phi) is 4.39. The normalized spacial score (nSPS) is 17.8. The molecule has 2 rings (SSSR count). The van der Waals surface area contributed by atoms with Crippen molar-refractivity contribution < 1.29 is 9.53 Å². The van der Waals surface area contributed by atoms with Crippen molar-refractivity contribution in [3.63, 3.8) is 0 Å². The van der Waals surface area contributed by atoms with Crippen LogP contribution in [0.4, 0.5) is 0 Å². The van der Waals surface area contributed by atoms with E-state index in [9.17, 15) is 4.79 Å². The summed E-state index contributed by atoms with van der Waals surface area (Å²) < 4.78 is 5.84. The van der Waals surface area contributed by atoms with Crippen LogP contribution in [0.25, 0.3) is 6.08 Å². The lowest BCUT2D eigenvalue weighted by molar-refractivity contribution is -0.121. The van der Waals surface area contributed by atoms with E-state index in [1.807, 2.05) is 36.4 Å². The number of carbonyl (C=O) groups is 1. The van der Waals surface area contributed by atoms with Gasteiger partial charge in [0, 0.05) is 12.6 Å². The van der Waals surface area contributed by atoms with Gasteiger partial charge in [-0.15, -0.1) is 0 Å². The Labute approximate surface area is 121 Å². The number of ether oxygens (including phenoxy) is 1. The molecule has 1 heterocycles. The molecule has 0 unspecified atom stereocenters. The highest BCUT2D eigenvalue weighted by Gasteiger charge is 2.27. The van der Waals surface area contributed by atoms with Crippen molar-refractivity contribution >= 4 is 40.3 Å². The molecule has 1 amide bonds. The molecule has 1 fully saturated rings. The second-order valence-electron chi connectivity index (χ2n) is 3.86. The average Bonchev–Trinajstić information content (AvgIpc) is 2.67. The molecule has 0 aromatic heterocycles. The van der Waals surface area contributed by atoms with E-state index in [4.69, 9.17) is 17.0 Å².